The fraction of sp³-hybridized carbons (Fsp3) is 0.348. The Morgan fingerprint density at radius 2 is 1.97 bits per heavy atom. The number of aromatic nitrogens is 2. The summed E-state index contributed by atoms with van der Waals surface area (Å²) in [6, 6.07) is 11.1. The molecule has 7 heteroatoms. The zero-order chi connectivity index (χ0) is 21.7. The van der Waals surface area contributed by atoms with Gasteiger partial charge >= 0.3 is 0 Å². The Kier molecular flexibility index (Phi) is 7.26. The molecule has 0 N–H and O–H groups in total. The third-order valence-corrected chi connectivity index (χ3v) is 5.18. The summed E-state index contributed by atoms with van der Waals surface area (Å²) in [6.45, 7) is 8.51. The van der Waals surface area contributed by atoms with Crippen LogP contribution < -0.4 is 15.0 Å². The highest BCUT2D eigenvalue weighted by Crippen LogP contribution is 2.29. The van der Waals surface area contributed by atoms with E-state index in [0.29, 0.717) is 41.3 Å². The fourth-order valence-electron chi connectivity index (χ4n) is 2.94. The van der Waals surface area contributed by atoms with Crippen LogP contribution in [-0.4, -0.2) is 28.6 Å². The Morgan fingerprint density at radius 1 is 1.17 bits per heavy atom. The Labute approximate surface area is 184 Å². The van der Waals surface area contributed by atoms with Gasteiger partial charge in [0.1, 0.15) is 5.82 Å². The first-order chi connectivity index (χ1) is 14.5. The van der Waals surface area contributed by atoms with E-state index >= 15 is 0 Å². The monoisotopic (exact) mass is 471 g/mol. The van der Waals surface area contributed by atoms with Crippen LogP contribution in [0.5, 0.6) is 11.5 Å². The summed E-state index contributed by atoms with van der Waals surface area (Å²) < 4.78 is 13.9. The van der Waals surface area contributed by atoms with Gasteiger partial charge in [-0.15, -0.1) is 0 Å². The number of fused-ring (bicyclic) bond motifs is 1. The number of hydrogen-bond acceptors (Lipinski definition) is 5. The molecular formula is C23H26BrN3O3. The molecule has 1 aromatic heterocycles. The van der Waals surface area contributed by atoms with Gasteiger partial charge in [0.05, 0.1) is 29.8 Å². The first-order valence-electron chi connectivity index (χ1n) is 10.2. The lowest BCUT2D eigenvalue weighted by atomic mass is 10.2. The van der Waals surface area contributed by atoms with Gasteiger partial charge in [0.25, 0.3) is 5.56 Å². The van der Waals surface area contributed by atoms with Gasteiger partial charge in [0.15, 0.2) is 11.5 Å². The van der Waals surface area contributed by atoms with E-state index in [9.17, 15) is 4.79 Å². The number of benzene rings is 2. The van der Waals surface area contributed by atoms with Crippen molar-refractivity contribution in [3.63, 3.8) is 0 Å². The van der Waals surface area contributed by atoms with Crippen LogP contribution in [0, 0.1) is 0 Å². The standard InChI is InChI=1S/C23H26BrN3O3/c1-5-15(4)30-20-11-8-16(12-21(20)29-7-3)14-25-27-22(6-2)26-19-10-9-17(24)13-18(19)23(27)28/h8-15H,5-7H2,1-4H3/t15-/m0/s1. The van der Waals surface area contributed by atoms with Crippen molar-refractivity contribution in [2.24, 2.45) is 5.10 Å². The fourth-order valence-corrected chi connectivity index (χ4v) is 3.30. The second-order valence-corrected chi connectivity index (χ2v) is 7.80. The van der Waals surface area contributed by atoms with Gasteiger partial charge in [-0.05, 0) is 62.2 Å². The Hall–Kier alpha value is -2.67. The highest BCUT2D eigenvalue weighted by molar-refractivity contribution is 9.10. The molecule has 158 valence electrons. The van der Waals surface area contributed by atoms with Gasteiger partial charge in [-0.3, -0.25) is 4.79 Å². The van der Waals surface area contributed by atoms with Crippen LogP contribution in [0.1, 0.15) is 45.5 Å². The Balaban J connectivity index is 2.00. The van der Waals surface area contributed by atoms with Crippen LogP contribution in [0.25, 0.3) is 10.9 Å². The molecule has 1 atom stereocenters. The van der Waals surface area contributed by atoms with Crippen LogP contribution in [0.2, 0.25) is 0 Å². The van der Waals surface area contributed by atoms with E-state index < -0.39 is 0 Å². The van der Waals surface area contributed by atoms with E-state index in [1.807, 2.05) is 51.1 Å². The zero-order valence-electron chi connectivity index (χ0n) is 17.7. The molecule has 0 saturated heterocycles. The summed E-state index contributed by atoms with van der Waals surface area (Å²) in [7, 11) is 0. The molecule has 30 heavy (non-hydrogen) atoms. The van der Waals surface area contributed by atoms with Crippen molar-refractivity contribution >= 4 is 33.0 Å². The molecule has 0 fully saturated rings. The quantitative estimate of drug-likeness (QED) is 0.424. The van der Waals surface area contributed by atoms with E-state index in [1.165, 1.54) is 4.68 Å². The van der Waals surface area contributed by atoms with Gasteiger partial charge < -0.3 is 9.47 Å². The van der Waals surface area contributed by atoms with E-state index in [2.05, 4.69) is 32.9 Å². The maximum Gasteiger partial charge on any atom is 0.282 e. The van der Waals surface area contributed by atoms with Crippen molar-refractivity contribution in [1.82, 2.24) is 9.66 Å². The summed E-state index contributed by atoms with van der Waals surface area (Å²) in [6.07, 6.45) is 3.23. The average molecular weight is 472 g/mol. The molecule has 3 aromatic rings. The molecule has 0 aliphatic carbocycles. The first-order valence-corrected chi connectivity index (χ1v) is 10.9. The molecule has 0 amide bonds. The molecule has 6 nitrogen and oxygen atoms in total. The van der Waals surface area contributed by atoms with Crippen LogP contribution in [0.15, 0.2) is 50.8 Å². The highest BCUT2D eigenvalue weighted by Gasteiger charge is 2.11. The third-order valence-electron chi connectivity index (χ3n) is 4.68. The lowest BCUT2D eigenvalue weighted by molar-refractivity contribution is 0.203. The minimum absolute atomic E-state index is 0.0948. The van der Waals surface area contributed by atoms with Crippen LogP contribution in [0.4, 0.5) is 0 Å². The van der Waals surface area contributed by atoms with E-state index in [-0.39, 0.29) is 11.7 Å². The number of ether oxygens (including phenoxy) is 2. The molecule has 0 radical (unpaired) electrons. The van der Waals surface area contributed by atoms with E-state index in [4.69, 9.17) is 9.47 Å². The number of rotatable bonds is 8. The Morgan fingerprint density at radius 3 is 2.67 bits per heavy atom. The van der Waals surface area contributed by atoms with Gasteiger partial charge in [-0.25, -0.2) is 4.98 Å². The second-order valence-electron chi connectivity index (χ2n) is 6.88. The molecule has 0 bridgehead atoms. The third kappa shape index (κ3) is 4.90. The van der Waals surface area contributed by atoms with Gasteiger partial charge in [-0.2, -0.15) is 9.78 Å². The topological polar surface area (TPSA) is 65.7 Å². The minimum Gasteiger partial charge on any atom is -0.490 e. The lowest BCUT2D eigenvalue weighted by Crippen LogP contribution is -2.22. The van der Waals surface area contributed by atoms with Crippen LogP contribution in [-0.2, 0) is 6.42 Å². The SMILES string of the molecule is CCOc1cc(C=Nn2c(CC)nc3ccc(Br)cc3c2=O)ccc1O[C@@H](C)CC. The summed E-state index contributed by atoms with van der Waals surface area (Å²) in [5.41, 5.74) is 1.27. The molecular weight excluding hydrogens is 446 g/mol. The molecule has 3 rings (SSSR count). The van der Waals surface area contributed by atoms with Crippen molar-refractivity contribution in [2.75, 3.05) is 6.61 Å². The van der Waals surface area contributed by atoms with Crippen LogP contribution in [0.3, 0.4) is 0 Å². The maximum absolute atomic E-state index is 13.0. The Bertz CT molecular complexity index is 1120. The molecule has 0 aliphatic heterocycles. The number of halogens is 1. The number of nitrogens with zero attached hydrogens (tertiary/aromatic N) is 3. The number of hydrogen-bond donors (Lipinski definition) is 0. The summed E-state index contributed by atoms with van der Waals surface area (Å²) in [4.78, 5) is 17.6. The zero-order valence-corrected chi connectivity index (χ0v) is 19.3. The summed E-state index contributed by atoms with van der Waals surface area (Å²) >= 11 is 3.41. The molecule has 2 aromatic carbocycles. The number of aryl methyl sites for hydroxylation is 1. The lowest BCUT2D eigenvalue weighted by Gasteiger charge is -2.16. The van der Waals surface area contributed by atoms with Crippen molar-refractivity contribution in [3.05, 3.63) is 62.6 Å². The largest absolute Gasteiger partial charge is 0.490 e. The maximum atomic E-state index is 13.0. The summed E-state index contributed by atoms with van der Waals surface area (Å²) in [5.74, 6) is 1.96. The van der Waals surface area contributed by atoms with Crippen molar-refractivity contribution in [3.8, 4) is 11.5 Å². The average Bonchev–Trinajstić information content (AvgIpc) is 2.75. The first kappa shape index (κ1) is 22.0. The predicted molar refractivity (Wildman–Crippen MR) is 124 cm³/mol. The van der Waals surface area contributed by atoms with Crippen molar-refractivity contribution in [1.29, 1.82) is 0 Å². The van der Waals surface area contributed by atoms with E-state index in [0.717, 1.165) is 16.5 Å². The van der Waals surface area contributed by atoms with Gasteiger partial charge in [-0.1, -0.05) is 29.8 Å². The second kappa shape index (κ2) is 9.89. The molecule has 0 spiro atoms. The van der Waals surface area contributed by atoms with Crippen molar-refractivity contribution < 1.29 is 9.47 Å². The molecule has 0 saturated carbocycles. The van der Waals surface area contributed by atoms with Crippen molar-refractivity contribution in [2.45, 2.75) is 46.6 Å². The highest BCUT2D eigenvalue weighted by atomic mass is 79.9. The summed E-state index contributed by atoms with van der Waals surface area (Å²) in [5, 5.41) is 4.96. The minimum atomic E-state index is -0.198. The predicted octanol–water partition coefficient (Wildman–Crippen LogP) is 5.18. The van der Waals surface area contributed by atoms with Gasteiger partial charge in [0, 0.05) is 10.9 Å². The molecule has 0 unspecified atom stereocenters. The van der Waals surface area contributed by atoms with E-state index in [1.54, 1.807) is 12.3 Å². The molecule has 0 aliphatic rings. The van der Waals surface area contributed by atoms with Gasteiger partial charge in [0.2, 0.25) is 0 Å². The molecule has 1 heterocycles. The normalized spacial score (nSPS) is 12.4. The van der Waals surface area contributed by atoms with Crippen LogP contribution >= 0.6 is 15.9 Å². The smallest absolute Gasteiger partial charge is 0.282 e.